The van der Waals surface area contributed by atoms with E-state index in [-0.39, 0.29) is 0 Å². The van der Waals surface area contributed by atoms with Crippen molar-refractivity contribution in [1.29, 1.82) is 0 Å². The predicted octanol–water partition coefficient (Wildman–Crippen LogP) is 4.83. The second-order valence-electron chi connectivity index (χ2n) is 5.57. The summed E-state index contributed by atoms with van der Waals surface area (Å²) >= 11 is 3.53. The summed E-state index contributed by atoms with van der Waals surface area (Å²) in [7, 11) is 0. The van der Waals surface area contributed by atoms with Gasteiger partial charge in [0.2, 0.25) is 0 Å². The van der Waals surface area contributed by atoms with Crippen LogP contribution in [0.25, 0.3) is 0 Å². The largest absolute Gasteiger partial charge is 0.489 e. The maximum Gasteiger partial charge on any atom is 0.124 e. The minimum atomic E-state index is 0.452. The van der Waals surface area contributed by atoms with E-state index in [0.29, 0.717) is 12.6 Å². The molecule has 0 unspecified atom stereocenters. The summed E-state index contributed by atoms with van der Waals surface area (Å²) in [6.07, 6.45) is 0. The van der Waals surface area contributed by atoms with Gasteiger partial charge in [0, 0.05) is 22.6 Å². The summed E-state index contributed by atoms with van der Waals surface area (Å²) in [4.78, 5) is 0. The summed E-state index contributed by atoms with van der Waals surface area (Å²) in [6.45, 7) is 7.79. The van der Waals surface area contributed by atoms with Gasteiger partial charge in [-0.1, -0.05) is 59.6 Å². The molecule has 0 atom stereocenters. The Morgan fingerprint density at radius 1 is 1.14 bits per heavy atom. The molecule has 0 aliphatic heterocycles. The molecule has 0 fully saturated rings. The number of benzene rings is 2. The summed E-state index contributed by atoms with van der Waals surface area (Å²) in [5, 5.41) is 3.44. The van der Waals surface area contributed by atoms with E-state index in [0.717, 1.165) is 16.8 Å². The fraction of sp³-hybridized carbons (Fsp3) is 0.333. The third kappa shape index (κ3) is 5.18. The van der Waals surface area contributed by atoms with Crippen molar-refractivity contribution in [3.63, 3.8) is 0 Å². The van der Waals surface area contributed by atoms with Crippen molar-refractivity contribution in [3.05, 3.63) is 63.6 Å². The number of hydrogen-bond acceptors (Lipinski definition) is 2. The molecule has 0 aliphatic carbocycles. The molecule has 0 saturated carbocycles. The molecular weight excluding hydrogens is 326 g/mol. The highest BCUT2D eigenvalue weighted by molar-refractivity contribution is 9.10. The molecule has 3 heteroatoms. The van der Waals surface area contributed by atoms with Gasteiger partial charge in [-0.2, -0.15) is 0 Å². The number of nitrogens with one attached hydrogen (secondary N) is 1. The lowest BCUT2D eigenvalue weighted by atomic mass is 10.1. The van der Waals surface area contributed by atoms with Crippen molar-refractivity contribution in [1.82, 2.24) is 5.32 Å². The Morgan fingerprint density at radius 2 is 1.95 bits per heavy atom. The average Bonchev–Trinajstić information content (AvgIpc) is 2.44. The smallest absolute Gasteiger partial charge is 0.124 e. The van der Waals surface area contributed by atoms with Crippen LogP contribution in [0.3, 0.4) is 0 Å². The van der Waals surface area contributed by atoms with E-state index in [1.54, 1.807) is 0 Å². The highest BCUT2D eigenvalue weighted by Gasteiger charge is 2.06. The lowest BCUT2D eigenvalue weighted by molar-refractivity contribution is 0.301. The van der Waals surface area contributed by atoms with Crippen molar-refractivity contribution in [3.8, 4) is 5.75 Å². The van der Waals surface area contributed by atoms with Crippen molar-refractivity contribution >= 4 is 15.9 Å². The Labute approximate surface area is 135 Å². The number of ether oxygens (including phenoxy) is 1. The molecule has 21 heavy (non-hydrogen) atoms. The van der Waals surface area contributed by atoms with Crippen LogP contribution in [-0.4, -0.2) is 6.04 Å². The maximum absolute atomic E-state index is 6.00. The first-order chi connectivity index (χ1) is 10.0. The standard InChI is InChI=1S/C18H22BrNO/c1-13(2)20-11-16-10-17(19)7-8-18(16)21-12-15-6-4-5-14(3)9-15/h4-10,13,20H,11-12H2,1-3H3. The first-order valence-corrected chi connectivity index (χ1v) is 8.04. The summed E-state index contributed by atoms with van der Waals surface area (Å²) in [5.41, 5.74) is 3.63. The van der Waals surface area contributed by atoms with Gasteiger partial charge in [-0.05, 0) is 30.7 Å². The Balaban J connectivity index is 2.08. The van der Waals surface area contributed by atoms with Gasteiger partial charge in [-0.25, -0.2) is 0 Å². The van der Waals surface area contributed by atoms with Crippen LogP contribution in [0.4, 0.5) is 0 Å². The molecular formula is C18H22BrNO. The van der Waals surface area contributed by atoms with Crippen LogP contribution in [0.5, 0.6) is 5.75 Å². The minimum absolute atomic E-state index is 0.452. The van der Waals surface area contributed by atoms with Crippen LogP contribution in [0, 0.1) is 6.92 Å². The zero-order chi connectivity index (χ0) is 15.2. The highest BCUT2D eigenvalue weighted by atomic mass is 79.9. The summed E-state index contributed by atoms with van der Waals surface area (Å²) in [6, 6.07) is 15.0. The lowest BCUT2D eigenvalue weighted by Gasteiger charge is -2.14. The van der Waals surface area contributed by atoms with Crippen molar-refractivity contribution in [2.24, 2.45) is 0 Å². The molecule has 0 amide bonds. The van der Waals surface area contributed by atoms with Gasteiger partial charge < -0.3 is 10.1 Å². The van der Waals surface area contributed by atoms with E-state index in [2.05, 4.69) is 72.3 Å². The Morgan fingerprint density at radius 3 is 2.67 bits per heavy atom. The molecule has 0 bridgehead atoms. The van der Waals surface area contributed by atoms with Gasteiger partial charge in [0.1, 0.15) is 12.4 Å². The van der Waals surface area contributed by atoms with E-state index in [4.69, 9.17) is 4.74 Å². The quantitative estimate of drug-likeness (QED) is 0.807. The lowest BCUT2D eigenvalue weighted by Crippen LogP contribution is -2.22. The van der Waals surface area contributed by atoms with E-state index in [9.17, 15) is 0 Å². The second kappa shape index (κ2) is 7.62. The molecule has 0 aliphatic rings. The molecule has 0 saturated heterocycles. The number of hydrogen-bond donors (Lipinski definition) is 1. The molecule has 0 heterocycles. The predicted molar refractivity (Wildman–Crippen MR) is 91.6 cm³/mol. The molecule has 0 radical (unpaired) electrons. The van der Waals surface area contributed by atoms with E-state index >= 15 is 0 Å². The number of halogens is 1. The zero-order valence-electron chi connectivity index (χ0n) is 12.8. The summed E-state index contributed by atoms with van der Waals surface area (Å²) in [5.74, 6) is 0.938. The normalized spacial score (nSPS) is 10.9. The number of rotatable bonds is 6. The van der Waals surface area contributed by atoms with Gasteiger partial charge in [-0.15, -0.1) is 0 Å². The fourth-order valence-electron chi connectivity index (χ4n) is 2.10. The Hall–Kier alpha value is -1.32. The number of aryl methyl sites for hydroxylation is 1. The zero-order valence-corrected chi connectivity index (χ0v) is 14.4. The SMILES string of the molecule is Cc1cccc(COc2ccc(Br)cc2CNC(C)C)c1. The van der Waals surface area contributed by atoms with Crippen LogP contribution < -0.4 is 10.1 Å². The van der Waals surface area contributed by atoms with Gasteiger partial charge in [0.15, 0.2) is 0 Å². The first-order valence-electron chi connectivity index (χ1n) is 7.25. The maximum atomic E-state index is 6.00. The van der Waals surface area contributed by atoms with Gasteiger partial charge >= 0.3 is 0 Å². The molecule has 2 aromatic rings. The topological polar surface area (TPSA) is 21.3 Å². The molecule has 2 rings (SSSR count). The van der Waals surface area contributed by atoms with Crippen LogP contribution in [0.15, 0.2) is 46.9 Å². The van der Waals surface area contributed by atoms with Crippen molar-refractivity contribution in [2.45, 2.75) is 40.0 Å². The van der Waals surface area contributed by atoms with Gasteiger partial charge in [-0.3, -0.25) is 0 Å². The monoisotopic (exact) mass is 347 g/mol. The minimum Gasteiger partial charge on any atom is -0.489 e. The van der Waals surface area contributed by atoms with Crippen molar-refractivity contribution in [2.75, 3.05) is 0 Å². The Kier molecular flexibility index (Phi) is 5.83. The average molecular weight is 348 g/mol. The third-order valence-corrected chi connectivity index (χ3v) is 3.69. The van der Waals surface area contributed by atoms with Crippen LogP contribution in [-0.2, 0) is 13.2 Å². The Bertz CT molecular complexity index is 596. The molecule has 2 nitrogen and oxygen atoms in total. The second-order valence-corrected chi connectivity index (χ2v) is 6.48. The summed E-state index contributed by atoms with van der Waals surface area (Å²) < 4.78 is 7.08. The van der Waals surface area contributed by atoms with Crippen LogP contribution >= 0.6 is 15.9 Å². The van der Waals surface area contributed by atoms with Gasteiger partial charge in [0.05, 0.1) is 0 Å². The van der Waals surface area contributed by atoms with E-state index < -0.39 is 0 Å². The van der Waals surface area contributed by atoms with Gasteiger partial charge in [0.25, 0.3) is 0 Å². The highest BCUT2D eigenvalue weighted by Crippen LogP contribution is 2.24. The van der Waals surface area contributed by atoms with Crippen LogP contribution in [0.2, 0.25) is 0 Å². The fourth-order valence-corrected chi connectivity index (χ4v) is 2.51. The molecule has 1 N–H and O–H groups in total. The van der Waals surface area contributed by atoms with Crippen LogP contribution in [0.1, 0.15) is 30.5 Å². The molecule has 2 aromatic carbocycles. The van der Waals surface area contributed by atoms with E-state index in [1.807, 2.05) is 12.1 Å². The molecule has 0 aromatic heterocycles. The molecule has 0 spiro atoms. The van der Waals surface area contributed by atoms with Crippen molar-refractivity contribution < 1.29 is 4.74 Å². The van der Waals surface area contributed by atoms with E-state index in [1.165, 1.54) is 16.7 Å². The molecule has 112 valence electrons. The first kappa shape index (κ1) is 16.1. The third-order valence-electron chi connectivity index (χ3n) is 3.20.